The molecule has 0 radical (unpaired) electrons. The van der Waals surface area contributed by atoms with Crippen molar-refractivity contribution in [2.75, 3.05) is 25.4 Å². The lowest BCUT2D eigenvalue weighted by Crippen LogP contribution is -2.59. The molecule has 1 aromatic rings. The highest BCUT2D eigenvalue weighted by Crippen LogP contribution is 2.19. The van der Waals surface area contributed by atoms with Crippen LogP contribution in [0.4, 0.5) is 10.2 Å². The average Bonchev–Trinajstić information content (AvgIpc) is 2.14. The summed E-state index contributed by atoms with van der Waals surface area (Å²) in [6, 6.07) is 3.30. The van der Waals surface area contributed by atoms with E-state index in [1.807, 2.05) is 0 Å². The van der Waals surface area contributed by atoms with E-state index in [4.69, 9.17) is 10.5 Å². The van der Waals surface area contributed by atoms with Crippen LogP contribution in [-0.4, -0.2) is 30.3 Å². The molecule has 0 saturated carbocycles. The Morgan fingerprint density at radius 1 is 1.57 bits per heavy atom. The number of ether oxygens (including phenoxy) is 1. The molecule has 4 nitrogen and oxygen atoms in total. The van der Waals surface area contributed by atoms with Gasteiger partial charge in [-0.25, -0.2) is 9.37 Å². The summed E-state index contributed by atoms with van der Waals surface area (Å²) in [5.74, 6) is 0.973. The van der Waals surface area contributed by atoms with Gasteiger partial charge in [-0.2, -0.15) is 0 Å². The summed E-state index contributed by atoms with van der Waals surface area (Å²) in [6.45, 7) is 0.774. The molecule has 0 amide bonds. The van der Waals surface area contributed by atoms with Crippen LogP contribution in [0.15, 0.2) is 18.3 Å². The van der Waals surface area contributed by atoms with E-state index >= 15 is 0 Å². The summed E-state index contributed by atoms with van der Waals surface area (Å²) in [7, 11) is 0. The predicted molar refractivity (Wildman–Crippen MR) is 50.9 cm³/mol. The number of alkyl halides is 1. The van der Waals surface area contributed by atoms with E-state index in [1.165, 1.54) is 6.20 Å². The number of hydrogen-bond acceptors (Lipinski definition) is 4. The number of nitrogens with one attached hydrogen (secondary N) is 1. The van der Waals surface area contributed by atoms with Crippen molar-refractivity contribution < 1.29 is 9.13 Å². The van der Waals surface area contributed by atoms with Gasteiger partial charge >= 0.3 is 0 Å². The second-order valence-corrected chi connectivity index (χ2v) is 3.46. The van der Waals surface area contributed by atoms with Crippen LogP contribution in [0.5, 0.6) is 5.75 Å². The molecule has 0 bridgehead atoms. The van der Waals surface area contributed by atoms with E-state index < -0.39 is 5.67 Å². The minimum absolute atomic E-state index is 0.0611. The smallest absolute Gasteiger partial charge is 0.169 e. The molecule has 0 aliphatic carbocycles. The van der Waals surface area contributed by atoms with Gasteiger partial charge in [-0.1, -0.05) is 0 Å². The lowest BCUT2D eigenvalue weighted by atomic mass is 10.0. The van der Waals surface area contributed by atoms with Gasteiger partial charge in [-0.05, 0) is 12.1 Å². The normalized spacial score (nSPS) is 18.6. The molecule has 1 aliphatic rings. The summed E-state index contributed by atoms with van der Waals surface area (Å²) < 4.78 is 18.7. The Morgan fingerprint density at radius 2 is 2.36 bits per heavy atom. The van der Waals surface area contributed by atoms with Crippen LogP contribution >= 0.6 is 0 Å². The Bertz CT molecular complexity index is 310. The predicted octanol–water partition coefficient (Wildman–Crippen LogP) is 0.354. The Morgan fingerprint density at radius 3 is 2.86 bits per heavy atom. The van der Waals surface area contributed by atoms with Crippen LogP contribution in [0, 0.1) is 0 Å². The molecule has 0 spiro atoms. The van der Waals surface area contributed by atoms with Crippen molar-refractivity contribution in [3.8, 4) is 5.75 Å². The van der Waals surface area contributed by atoms with Crippen molar-refractivity contribution in [2.24, 2.45) is 0 Å². The van der Waals surface area contributed by atoms with E-state index in [-0.39, 0.29) is 6.61 Å². The number of hydrogen-bond donors (Lipinski definition) is 2. The minimum Gasteiger partial charge on any atom is -0.489 e. The molecule has 14 heavy (non-hydrogen) atoms. The minimum atomic E-state index is -1.22. The average molecular weight is 197 g/mol. The standard InChI is InChI=1S/C9H12FN3O/c10-9(4-12-5-9)6-14-7-1-2-8(11)13-3-7/h1-3,12H,4-6H2,(H2,11,13). The zero-order chi connectivity index (χ0) is 10.0. The third-order valence-electron chi connectivity index (χ3n) is 2.14. The zero-order valence-corrected chi connectivity index (χ0v) is 7.66. The van der Waals surface area contributed by atoms with Gasteiger partial charge in [-0.15, -0.1) is 0 Å². The number of nitrogens with two attached hydrogens (primary N) is 1. The first kappa shape index (κ1) is 9.21. The highest BCUT2D eigenvalue weighted by atomic mass is 19.1. The third kappa shape index (κ3) is 1.93. The number of anilines is 1. The maximum absolute atomic E-state index is 13.4. The molecular weight excluding hydrogens is 185 g/mol. The Balaban J connectivity index is 1.88. The fourth-order valence-corrected chi connectivity index (χ4v) is 1.19. The first-order chi connectivity index (χ1) is 6.68. The number of nitrogens with zero attached hydrogens (tertiary/aromatic N) is 1. The summed E-state index contributed by atoms with van der Waals surface area (Å²) in [5.41, 5.74) is 4.17. The van der Waals surface area contributed by atoms with Gasteiger partial charge < -0.3 is 15.8 Å². The van der Waals surface area contributed by atoms with Gasteiger partial charge in [0.25, 0.3) is 0 Å². The van der Waals surface area contributed by atoms with E-state index in [0.29, 0.717) is 24.7 Å². The highest BCUT2D eigenvalue weighted by molar-refractivity contribution is 5.32. The van der Waals surface area contributed by atoms with Crippen LogP contribution in [0.3, 0.4) is 0 Å². The van der Waals surface area contributed by atoms with Crippen LogP contribution in [0.2, 0.25) is 0 Å². The topological polar surface area (TPSA) is 60.2 Å². The van der Waals surface area contributed by atoms with Crippen molar-refractivity contribution in [1.29, 1.82) is 0 Å². The summed E-state index contributed by atoms with van der Waals surface area (Å²) in [4.78, 5) is 3.84. The molecule has 2 rings (SSSR count). The van der Waals surface area contributed by atoms with Gasteiger partial charge in [0.15, 0.2) is 5.67 Å². The fraction of sp³-hybridized carbons (Fsp3) is 0.444. The molecule has 5 heteroatoms. The fourth-order valence-electron chi connectivity index (χ4n) is 1.19. The first-order valence-corrected chi connectivity index (χ1v) is 4.42. The quantitative estimate of drug-likeness (QED) is 0.734. The number of aromatic nitrogens is 1. The van der Waals surface area contributed by atoms with Crippen LogP contribution < -0.4 is 15.8 Å². The van der Waals surface area contributed by atoms with Gasteiger partial charge in [-0.3, -0.25) is 0 Å². The van der Waals surface area contributed by atoms with E-state index in [2.05, 4.69) is 10.3 Å². The molecule has 1 saturated heterocycles. The van der Waals surface area contributed by atoms with Gasteiger partial charge in [0.2, 0.25) is 0 Å². The van der Waals surface area contributed by atoms with Crippen LogP contribution in [0.25, 0.3) is 0 Å². The first-order valence-electron chi connectivity index (χ1n) is 4.42. The largest absolute Gasteiger partial charge is 0.489 e. The molecule has 2 heterocycles. The third-order valence-corrected chi connectivity index (χ3v) is 2.14. The monoisotopic (exact) mass is 197 g/mol. The molecule has 0 atom stereocenters. The van der Waals surface area contributed by atoms with E-state index in [9.17, 15) is 4.39 Å². The second kappa shape index (κ2) is 3.42. The second-order valence-electron chi connectivity index (χ2n) is 3.46. The van der Waals surface area contributed by atoms with Crippen molar-refractivity contribution in [1.82, 2.24) is 10.3 Å². The molecule has 0 unspecified atom stereocenters. The van der Waals surface area contributed by atoms with Crippen LogP contribution in [-0.2, 0) is 0 Å². The highest BCUT2D eigenvalue weighted by Gasteiger charge is 2.37. The summed E-state index contributed by atoms with van der Waals surface area (Å²) in [6.07, 6.45) is 1.49. The van der Waals surface area contributed by atoms with Gasteiger partial charge in [0.05, 0.1) is 6.20 Å². The lowest BCUT2D eigenvalue weighted by Gasteiger charge is -2.34. The summed E-state index contributed by atoms with van der Waals surface area (Å²) >= 11 is 0. The number of rotatable bonds is 3. The molecule has 1 fully saturated rings. The molecule has 0 aromatic carbocycles. The SMILES string of the molecule is Nc1ccc(OCC2(F)CNC2)cn1. The van der Waals surface area contributed by atoms with E-state index in [0.717, 1.165) is 0 Å². The molecule has 1 aliphatic heterocycles. The Hall–Kier alpha value is -1.36. The molecule has 3 N–H and O–H groups in total. The lowest BCUT2D eigenvalue weighted by molar-refractivity contribution is 0.0345. The van der Waals surface area contributed by atoms with Gasteiger partial charge in [0, 0.05) is 13.1 Å². The van der Waals surface area contributed by atoms with Crippen molar-refractivity contribution in [3.63, 3.8) is 0 Å². The number of nitrogen functional groups attached to an aromatic ring is 1. The van der Waals surface area contributed by atoms with Crippen LogP contribution in [0.1, 0.15) is 0 Å². The Kier molecular flexibility index (Phi) is 2.25. The maximum Gasteiger partial charge on any atom is 0.169 e. The Labute approximate surface area is 81.3 Å². The van der Waals surface area contributed by atoms with Gasteiger partial charge in [0.1, 0.15) is 18.2 Å². The maximum atomic E-state index is 13.4. The number of pyridine rings is 1. The number of halogens is 1. The summed E-state index contributed by atoms with van der Waals surface area (Å²) in [5, 5.41) is 2.86. The van der Waals surface area contributed by atoms with E-state index in [1.54, 1.807) is 12.1 Å². The van der Waals surface area contributed by atoms with Crippen molar-refractivity contribution in [2.45, 2.75) is 5.67 Å². The zero-order valence-electron chi connectivity index (χ0n) is 7.66. The molecule has 1 aromatic heterocycles. The van der Waals surface area contributed by atoms with Crippen molar-refractivity contribution >= 4 is 5.82 Å². The molecule has 76 valence electrons. The molecular formula is C9H12FN3O. The van der Waals surface area contributed by atoms with Crippen molar-refractivity contribution in [3.05, 3.63) is 18.3 Å².